The number of carbonyl (C=O) groups excluding carboxylic acids is 1. The summed E-state index contributed by atoms with van der Waals surface area (Å²) in [6.07, 6.45) is 0. The molecule has 0 bridgehead atoms. The smallest absolute Gasteiger partial charge is 0.261 e. The lowest BCUT2D eigenvalue weighted by atomic mass is 10.1. The van der Waals surface area contributed by atoms with Gasteiger partial charge in [0.15, 0.2) is 0 Å². The van der Waals surface area contributed by atoms with Crippen LogP contribution in [0.25, 0.3) is 0 Å². The molecule has 4 rings (SSSR count). The van der Waals surface area contributed by atoms with E-state index in [2.05, 4.69) is 4.72 Å². The third-order valence-corrected chi connectivity index (χ3v) is 9.33. The Morgan fingerprint density at radius 1 is 0.829 bits per heavy atom. The highest BCUT2D eigenvalue weighted by Gasteiger charge is 2.31. The molecule has 35 heavy (non-hydrogen) atoms. The van der Waals surface area contributed by atoms with Crippen molar-refractivity contribution in [3.63, 3.8) is 0 Å². The minimum absolute atomic E-state index is 0.0914. The van der Waals surface area contributed by atoms with Crippen LogP contribution < -0.4 is 4.72 Å². The molecule has 0 spiro atoms. The second-order valence-electron chi connectivity index (χ2n) is 8.12. The Labute approximate surface area is 210 Å². The van der Waals surface area contributed by atoms with E-state index in [4.69, 9.17) is 11.6 Å². The maximum atomic E-state index is 13.2. The first kappa shape index (κ1) is 25.2. The van der Waals surface area contributed by atoms with Crippen molar-refractivity contribution in [1.82, 2.24) is 9.21 Å². The standard InChI is InChI=1S/C24H24ClN3O5S2/c1-18-7-10-21(11-8-18)35(32,33)28-15-13-27(14-16-28)24(29)22-17-19(9-12-23(22)25)26-34(30,31)20-5-3-2-4-6-20/h2-12,17,26H,13-16H2,1H3. The molecule has 3 aromatic carbocycles. The lowest BCUT2D eigenvalue weighted by Gasteiger charge is -2.34. The summed E-state index contributed by atoms with van der Waals surface area (Å²) >= 11 is 6.26. The molecule has 0 saturated carbocycles. The third kappa shape index (κ3) is 5.51. The van der Waals surface area contributed by atoms with Crippen LogP contribution in [0.4, 0.5) is 5.69 Å². The van der Waals surface area contributed by atoms with Gasteiger partial charge in [0.2, 0.25) is 10.0 Å². The molecule has 0 aliphatic carbocycles. The zero-order valence-electron chi connectivity index (χ0n) is 18.9. The molecule has 1 fully saturated rings. The summed E-state index contributed by atoms with van der Waals surface area (Å²) < 4.78 is 54.9. The maximum absolute atomic E-state index is 13.2. The molecule has 1 aliphatic heterocycles. The van der Waals surface area contributed by atoms with Crippen LogP contribution in [0.3, 0.4) is 0 Å². The van der Waals surface area contributed by atoms with Crippen LogP contribution in [-0.4, -0.2) is 58.1 Å². The molecule has 0 atom stereocenters. The highest BCUT2D eigenvalue weighted by Crippen LogP contribution is 2.25. The number of nitrogens with zero attached hydrogens (tertiary/aromatic N) is 2. The lowest BCUT2D eigenvalue weighted by Crippen LogP contribution is -2.50. The van der Waals surface area contributed by atoms with Gasteiger partial charge < -0.3 is 4.90 Å². The average molecular weight is 534 g/mol. The second-order valence-corrected chi connectivity index (χ2v) is 12.2. The van der Waals surface area contributed by atoms with Gasteiger partial charge in [0.05, 0.1) is 20.4 Å². The van der Waals surface area contributed by atoms with Gasteiger partial charge in [-0.3, -0.25) is 9.52 Å². The zero-order valence-corrected chi connectivity index (χ0v) is 21.3. The molecule has 8 nitrogen and oxygen atoms in total. The molecule has 184 valence electrons. The van der Waals surface area contributed by atoms with Crippen LogP contribution in [0.15, 0.2) is 82.6 Å². The van der Waals surface area contributed by atoms with Gasteiger partial charge in [-0.05, 0) is 49.4 Å². The van der Waals surface area contributed by atoms with Crippen molar-refractivity contribution in [2.24, 2.45) is 0 Å². The number of rotatable bonds is 6. The van der Waals surface area contributed by atoms with E-state index in [1.807, 2.05) is 6.92 Å². The number of amides is 1. The molecular formula is C24H24ClN3O5S2. The Morgan fingerprint density at radius 3 is 2.09 bits per heavy atom. The van der Waals surface area contributed by atoms with E-state index in [0.717, 1.165) is 5.56 Å². The third-order valence-electron chi connectivity index (χ3n) is 5.69. The van der Waals surface area contributed by atoms with Gasteiger partial charge in [-0.15, -0.1) is 0 Å². The molecule has 0 radical (unpaired) electrons. The van der Waals surface area contributed by atoms with Crippen molar-refractivity contribution >= 4 is 43.2 Å². The Bertz CT molecular complexity index is 1440. The molecule has 1 aliphatic rings. The number of hydrogen-bond donors (Lipinski definition) is 1. The Hall–Kier alpha value is -2.92. The number of halogens is 1. The van der Waals surface area contributed by atoms with Gasteiger partial charge in [0.1, 0.15) is 0 Å². The summed E-state index contributed by atoms with van der Waals surface area (Å²) in [6, 6.07) is 18.8. The average Bonchev–Trinajstić information content (AvgIpc) is 2.85. The molecule has 1 heterocycles. The molecule has 1 saturated heterocycles. The first-order chi connectivity index (χ1) is 16.6. The molecule has 0 aromatic heterocycles. The van der Waals surface area contributed by atoms with Crippen molar-refractivity contribution in [1.29, 1.82) is 0 Å². The molecule has 1 N–H and O–H groups in total. The van der Waals surface area contributed by atoms with E-state index in [-0.39, 0.29) is 52.2 Å². The van der Waals surface area contributed by atoms with Gasteiger partial charge >= 0.3 is 0 Å². The largest absolute Gasteiger partial charge is 0.336 e. The highest BCUT2D eigenvalue weighted by molar-refractivity contribution is 7.92. The maximum Gasteiger partial charge on any atom is 0.261 e. The fraction of sp³-hybridized carbons (Fsp3) is 0.208. The predicted molar refractivity (Wildman–Crippen MR) is 135 cm³/mol. The topological polar surface area (TPSA) is 104 Å². The molecule has 1 amide bonds. The van der Waals surface area contributed by atoms with E-state index < -0.39 is 26.0 Å². The summed E-state index contributed by atoms with van der Waals surface area (Å²) in [4.78, 5) is 15.0. The fourth-order valence-corrected chi connectivity index (χ4v) is 6.42. The van der Waals surface area contributed by atoms with Crippen LogP contribution in [0.1, 0.15) is 15.9 Å². The number of aryl methyl sites for hydroxylation is 1. The van der Waals surface area contributed by atoms with E-state index in [1.165, 1.54) is 39.5 Å². The van der Waals surface area contributed by atoms with Crippen molar-refractivity contribution in [3.8, 4) is 0 Å². The number of carbonyl (C=O) groups is 1. The van der Waals surface area contributed by atoms with Crippen molar-refractivity contribution < 1.29 is 21.6 Å². The number of sulfonamides is 2. The first-order valence-electron chi connectivity index (χ1n) is 10.8. The number of anilines is 1. The summed E-state index contributed by atoms with van der Waals surface area (Å²) in [5.41, 5.74) is 1.29. The normalized spacial score (nSPS) is 15.1. The van der Waals surface area contributed by atoms with E-state index in [0.29, 0.717) is 0 Å². The van der Waals surface area contributed by atoms with E-state index >= 15 is 0 Å². The highest BCUT2D eigenvalue weighted by atomic mass is 35.5. The van der Waals surface area contributed by atoms with Crippen LogP contribution >= 0.6 is 11.6 Å². The van der Waals surface area contributed by atoms with E-state index in [1.54, 1.807) is 42.5 Å². The monoisotopic (exact) mass is 533 g/mol. The minimum Gasteiger partial charge on any atom is -0.336 e. The van der Waals surface area contributed by atoms with Crippen molar-refractivity contribution in [2.45, 2.75) is 16.7 Å². The van der Waals surface area contributed by atoms with Gasteiger partial charge in [-0.2, -0.15) is 4.31 Å². The summed E-state index contributed by atoms with van der Waals surface area (Å²) in [5.74, 6) is -0.400. The minimum atomic E-state index is -3.84. The van der Waals surface area contributed by atoms with Crippen molar-refractivity contribution in [2.75, 3.05) is 30.9 Å². The van der Waals surface area contributed by atoms with Gasteiger partial charge in [-0.1, -0.05) is 47.5 Å². The predicted octanol–water partition coefficient (Wildman–Crippen LogP) is 3.60. The summed E-state index contributed by atoms with van der Waals surface area (Å²) in [7, 11) is -7.50. The summed E-state index contributed by atoms with van der Waals surface area (Å²) in [5, 5.41) is 0.173. The lowest BCUT2D eigenvalue weighted by molar-refractivity contribution is 0.0698. The fourth-order valence-electron chi connectivity index (χ4n) is 3.73. The van der Waals surface area contributed by atoms with E-state index in [9.17, 15) is 21.6 Å². The Morgan fingerprint density at radius 2 is 1.46 bits per heavy atom. The molecule has 3 aromatic rings. The van der Waals surface area contributed by atoms with Crippen LogP contribution in [-0.2, 0) is 20.0 Å². The molecule has 11 heteroatoms. The number of piperazine rings is 1. The van der Waals surface area contributed by atoms with Crippen LogP contribution in [0.2, 0.25) is 5.02 Å². The molecular weight excluding hydrogens is 510 g/mol. The Kier molecular flexibility index (Phi) is 7.18. The van der Waals surface area contributed by atoms with Crippen LogP contribution in [0.5, 0.6) is 0 Å². The quantitative estimate of drug-likeness (QED) is 0.521. The Balaban J connectivity index is 1.47. The zero-order chi connectivity index (χ0) is 25.2. The SMILES string of the molecule is Cc1ccc(S(=O)(=O)N2CCN(C(=O)c3cc(NS(=O)(=O)c4ccccc4)ccc3Cl)CC2)cc1. The van der Waals surface area contributed by atoms with Gasteiger partial charge in [0.25, 0.3) is 15.9 Å². The van der Waals surface area contributed by atoms with Crippen LogP contribution in [0, 0.1) is 6.92 Å². The first-order valence-corrected chi connectivity index (χ1v) is 14.1. The molecule has 0 unspecified atom stereocenters. The number of nitrogens with one attached hydrogen (secondary N) is 1. The van der Waals surface area contributed by atoms with Gasteiger partial charge in [-0.25, -0.2) is 16.8 Å². The number of hydrogen-bond acceptors (Lipinski definition) is 5. The van der Waals surface area contributed by atoms with Gasteiger partial charge in [0, 0.05) is 31.9 Å². The van der Waals surface area contributed by atoms with Crippen molar-refractivity contribution in [3.05, 3.63) is 88.9 Å². The number of benzene rings is 3. The second kappa shape index (κ2) is 9.98. The summed E-state index contributed by atoms with van der Waals surface area (Å²) in [6.45, 7) is 2.52.